The predicted octanol–water partition coefficient (Wildman–Crippen LogP) is 0.928. The van der Waals surface area contributed by atoms with Crippen molar-refractivity contribution in [2.75, 3.05) is 0 Å². The van der Waals surface area contributed by atoms with Crippen molar-refractivity contribution in [2.45, 2.75) is 26.8 Å². The van der Waals surface area contributed by atoms with Crippen LogP contribution in [0.15, 0.2) is 18.9 Å². The summed E-state index contributed by atoms with van der Waals surface area (Å²) in [7, 11) is 0. The maximum absolute atomic E-state index is 4.24. The molecule has 2 rings (SSSR count). The lowest BCUT2D eigenvalue weighted by atomic mass is 10.3. The number of rotatable bonds is 3. The van der Waals surface area contributed by atoms with Gasteiger partial charge in [0.2, 0.25) is 0 Å². The summed E-state index contributed by atoms with van der Waals surface area (Å²) < 4.78 is 2.16. The van der Waals surface area contributed by atoms with Crippen LogP contribution in [-0.4, -0.2) is 24.5 Å². The van der Waals surface area contributed by atoms with Crippen molar-refractivity contribution < 1.29 is 0 Å². The molecule has 0 unspecified atom stereocenters. The van der Waals surface area contributed by atoms with Crippen LogP contribution in [0.4, 0.5) is 0 Å². The van der Waals surface area contributed by atoms with Gasteiger partial charge in [-0.2, -0.15) is 0 Å². The fourth-order valence-corrected chi connectivity index (χ4v) is 1.52. The molecule has 0 aliphatic rings. The van der Waals surface area contributed by atoms with Crippen LogP contribution in [0.25, 0.3) is 0 Å². The van der Waals surface area contributed by atoms with Crippen molar-refractivity contribution in [3.05, 3.63) is 36.2 Å². The summed E-state index contributed by atoms with van der Waals surface area (Å²) in [5.74, 6) is 1.85. The molecule has 2 aromatic heterocycles. The maximum Gasteiger partial charge on any atom is 0.133 e. The highest BCUT2D eigenvalue weighted by Gasteiger charge is 2.03. The third kappa shape index (κ3) is 2.18. The Labute approximate surface area is 88.2 Å². The van der Waals surface area contributed by atoms with E-state index in [1.165, 1.54) is 18.3 Å². The number of aryl methyl sites for hydroxylation is 3. The average Bonchev–Trinajstić information content (AvgIpc) is 2.58. The van der Waals surface area contributed by atoms with Gasteiger partial charge >= 0.3 is 0 Å². The second-order valence-corrected chi connectivity index (χ2v) is 3.40. The summed E-state index contributed by atoms with van der Waals surface area (Å²) in [6, 6.07) is 0. The Morgan fingerprint density at radius 2 is 1.87 bits per heavy atom. The number of hydrogen-bond donors (Lipinski definition) is 0. The number of nitrogens with zero attached hydrogens (tertiary/aromatic N) is 5. The molecule has 2 aromatic rings. The SMILES string of the molecule is Cc1cnc(C)n1CCc1ncncn1. The summed E-state index contributed by atoms with van der Waals surface area (Å²) in [6.45, 7) is 4.91. The molecule has 0 aromatic carbocycles. The van der Waals surface area contributed by atoms with Crippen LogP contribution < -0.4 is 0 Å². The minimum absolute atomic E-state index is 0.806. The zero-order chi connectivity index (χ0) is 10.7. The molecular formula is C10H13N5. The molecule has 78 valence electrons. The molecular weight excluding hydrogens is 190 g/mol. The summed E-state index contributed by atoms with van der Waals surface area (Å²) in [5, 5.41) is 0. The molecule has 0 saturated carbocycles. The van der Waals surface area contributed by atoms with E-state index >= 15 is 0 Å². The summed E-state index contributed by atoms with van der Waals surface area (Å²) in [5.41, 5.74) is 1.17. The van der Waals surface area contributed by atoms with E-state index in [9.17, 15) is 0 Å². The topological polar surface area (TPSA) is 56.5 Å². The first-order valence-corrected chi connectivity index (χ1v) is 4.87. The van der Waals surface area contributed by atoms with Crippen LogP contribution in [-0.2, 0) is 13.0 Å². The highest BCUT2D eigenvalue weighted by Crippen LogP contribution is 2.04. The molecule has 0 saturated heterocycles. The quantitative estimate of drug-likeness (QED) is 0.744. The van der Waals surface area contributed by atoms with Gasteiger partial charge in [0, 0.05) is 24.9 Å². The Balaban J connectivity index is 2.05. The third-order valence-corrected chi connectivity index (χ3v) is 2.36. The molecule has 0 radical (unpaired) electrons. The molecule has 0 amide bonds. The zero-order valence-corrected chi connectivity index (χ0v) is 8.88. The van der Waals surface area contributed by atoms with Crippen LogP contribution in [0.5, 0.6) is 0 Å². The number of hydrogen-bond acceptors (Lipinski definition) is 4. The Bertz CT molecular complexity index is 415. The van der Waals surface area contributed by atoms with Crippen LogP contribution in [0.2, 0.25) is 0 Å². The molecule has 0 bridgehead atoms. The second-order valence-electron chi connectivity index (χ2n) is 3.40. The Morgan fingerprint density at radius 1 is 1.13 bits per heavy atom. The van der Waals surface area contributed by atoms with Gasteiger partial charge < -0.3 is 4.57 Å². The lowest BCUT2D eigenvalue weighted by molar-refractivity contribution is 0.635. The number of imidazole rings is 1. The highest BCUT2D eigenvalue weighted by atomic mass is 15.1. The lowest BCUT2D eigenvalue weighted by Crippen LogP contribution is -2.07. The minimum Gasteiger partial charge on any atom is -0.332 e. The Morgan fingerprint density at radius 3 is 2.47 bits per heavy atom. The monoisotopic (exact) mass is 203 g/mol. The fraction of sp³-hybridized carbons (Fsp3) is 0.400. The lowest BCUT2D eigenvalue weighted by Gasteiger charge is -2.06. The molecule has 0 spiro atoms. The van der Waals surface area contributed by atoms with Crippen molar-refractivity contribution in [3.63, 3.8) is 0 Å². The van der Waals surface area contributed by atoms with Crippen molar-refractivity contribution in [1.29, 1.82) is 0 Å². The van der Waals surface area contributed by atoms with Gasteiger partial charge in [-0.3, -0.25) is 0 Å². The van der Waals surface area contributed by atoms with Gasteiger partial charge in [0.15, 0.2) is 0 Å². The van der Waals surface area contributed by atoms with Gasteiger partial charge in [-0.25, -0.2) is 19.9 Å². The van der Waals surface area contributed by atoms with E-state index in [0.717, 1.165) is 24.6 Å². The maximum atomic E-state index is 4.24. The van der Waals surface area contributed by atoms with Crippen LogP contribution in [0, 0.1) is 13.8 Å². The van der Waals surface area contributed by atoms with E-state index in [-0.39, 0.29) is 0 Å². The standard InChI is InChI=1S/C10H13N5/c1-8-5-12-9(2)15(8)4-3-10-13-6-11-7-14-10/h5-7H,3-4H2,1-2H3. The van der Waals surface area contributed by atoms with E-state index in [1.54, 1.807) is 0 Å². The van der Waals surface area contributed by atoms with Crippen LogP contribution in [0.3, 0.4) is 0 Å². The first-order chi connectivity index (χ1) is 7.27. The van der Waals surface area contributed by atoms with Crippen LogP contribution in [0.1, 0.15) is 17.3 Å². The molecule has 0 fully saturated rings. The molecule has 0 aliphatic carbocycles. The Kier molecular flexibility index (Phi) is 2.71. The van der Waals surface area contributed by atoms with Gasteiger partial charge in [0.05, 0.1) is 0 Å². The van der Waals surface area contributed by atoms with E-state index in [1.807, 2.05) is 20.0 Å². The fourth-order valence-electron chi connectivity index (χ4n) is 1.52. The second kappa shape index (κ2) is 4.16. The minimum atomic E-state index is 0.806. The van der Waals surface area contributed by atoms with Crippen molar-refractivity contribution in [1.82, 2.24) is 24.5 Å². The molecule has 15 heavy (non-hydrogen) atoms. The van der Waals surface area contributed by atoms with Gasteiger partial charge in [-0.15, -0.1) is 0 Å². The van der Waals surface area contributed by atoms with Gasteiger partial charge in [-0.05, 0) is 13.8 Å². The normalized spacial score (nSPS) is 10.5. The van der Waals surface area contributed by atoms with Gasteiger partial charge in [0.1, 0.15) is 24.3 Å². The first kappa shape index (κ1) is 9.76. The van der Waals surface area contributed by atoms with Gasteiger partial charge in [-0.1, -0.05) is 0 Å². The average molecular weight is 203 g/mol. The Hall–Kier alpha value is -1.78. The molecule has 5 heteroatoms. The third-order valence-electron chi connectivity index (χ3n) is 2.36. The van der Waals surface area contributed by atoms with Crippen molar-refractivity contribution in [3.8, 4) is 0 Å². The molecule has 0 N–H and O–H groups in total. The molecule has 0 aliphatic heterocycles. The first-order valence-electron chi connectivity index (χ1n) is 4.87. The number of aromatic nitrogens is 5. The van der Waals surface area contributed by atoms with E-state index < -0.39 is 0 Å². The van der Waals surface area contributed by atoms with Gasteiger partial charge in [0.25, 0.3) is 0 Å². The van der Waals surface area contributed by atoms with E-state index in [0.29, 0.717) is 0 Å². The zero-order valence-electron chi connectivity index (χ0n) is 8.88. The van der Waals surface area contributed by atoms with E-state index in [2.05, 4.69) is 24.5 Å². The van der Waals surface area contributed by atoms with Crippen LogP contribution >= 0.6 is 0 Å². The smallest absolute Gasteiger partial charge is 0.133 e. The largest absolute Gasteiger partial charge is 0.332 e. The predicted molar refractivity (Wildman–Crippen MR) is 55.2 cm³/mol. The van der Waals surface area contributed by atoms with Crippen molar-refractivity contribution >= 4 is 0 Å². The highest BCUT2D eigenvalue weighted by molar-refractivity contribution is 5.02. The van der Waals surface area contributed by atoms with Crippen molar-refractivity contribution in [2.24, 2.45) is 0 Å². The summed E-state index contributed by atoms with van der Waals surface area (Å²) >= 11 is 0. The molecule has 2 heterocycles. The summed E-state index contributed by atoms with van der Waals surface area (Å²) in [4.78, 5) is 16.2. The molecule has 5 nitrogen and oxygen atoms in total. The molecule has 0 atom stereocenters. The summed E-state index contributed by atoms with van der Waals surface area (Å²) in [6.07, 6.45) is 5.73. The van der Waals surface area contributed by atoms with E-state index in [4.69, 9.17) is 0 Å².